The van der Waals surface area contributed by atoms with Crippen LogP contribution in [0.2, 0.25) is 0 Å². The average Bonchev–Trinajstić information content (AvgIpc) is 1.65. The Morgan fingerprint density at radius 3 is 2.00 bits per heavy atom. The Kier molecular flexibility index (Phi) is 7.57. The molecule has 0 aliphatic heterocycles. The van der Waals surface area contributed by atoms with Crippen molar-refractivity contribution in [2.75, 3.05) is 14.1 Å². The molecular weight excluding hydrogens is 88.1 g/mol. The van der Waals surface area contributed by atoms with Crippen LogP contribution in [0, 0.1) is 0 Å². The highest BCUT2D eigenvalue weighted by molar-refractivity contribution is 5.46. The zero-order chi connectivity index (χ0) is 4.99. The maximum absolute atomic E-state index is 2.89. The fourth-order valence-corrected chi connectivity index (χ4v) is 0.129. The zero-order valence-electron chi connectivity index (χ0n) is 4.52. The summed E-state index contributed by atoms with van der Waals surface area (Å²) in [5.41, 5.74) is 2.89. The van der Waals surface area contributed by atoms with Crippen molar-refractivity contribution in [2.45, 2.75) is 14.4 Å². The predicted molar refractivity (Wildman–Crippen MR) is 33.7 cm³/mol. The number of hydrogen-bond acceptors (Lipinski definition) is 1. The summed E-state index contributed by atoms with van der Waals surface area (Å²) >= 11 is 0. The molecule has 44 valence electrons. The van der Waals surface area contributed by atoms with Gasteiger partial charge in [-0.05, 0) is 0 Å². The van der Waals surface area contributed by atoms with Crippen molar-refractivity contribution in [3.63, 3.8) is 0 Å². The van der Waals surface area contributed by atoms with E-state index in [2.05, 4.69) is 5.43 Å². The lowest BCUT2D eigenvalue weighted by molar-refractivity contribution is -0.550. The van der Waals surface area contributed by atoms with Crippen LogP contribution in [0.15, 0.2) is 0 Å². The molecule has 2 heteroatoms. The lowest BCUT2D eigenvalue weighted by Gasteiger charge is -1.85. The van der Waals surface area contributed by atoms with E-state index in [0.717, 1.165) is 0 Å². The van der Waals surface area contributed by atoms with E-state index in [1.807, 2.05) is 31.9 Å². The summed E-state index contributed by atoms with van der Waals surface area (Å²) in [6.07, 6.45) is 1.94. The van der Waals surface area contributed by atoms with Crippen LogP contribution in [0.1, 0.15) is 14.4 Å². The van der Waals surface area contributed by atoms with Crippen LogP contribution in [0.3, 0.4) is 0 Å². The molecule has 0 aromatic rings. The van der Waals surface area contributed by atoms with Gasteiger partial charge in [-0.1, -0.05) is 7.43 Å². The van der Waals surface area contributed by atoms with Gasteiger partial charge in [0.15, 0.2) is 13.3 Å². The van der Waals surface area contributed by atoms with Crippen LogP contribution in [0.5, 0.6) is 0 Å². The number of hydrogen-bond donors (Lipinski definition) is 1. The number of hydrazine groups is 1. The van der Waals surface area contributed by atoms with Gasteiger partial charge in [0.1, 0.15) is 0 Å². The van der Waals surface area contributed by atoms with Gasteiger partial charge in [-0.25, -0.2) is 5.43 Å². The van der Waals surface area contributed by atoms with Crippen LogP contribution < -0.4 is 5.43 Å². The molecule has 0 fully saturated rings. The Morgan fingerprint density at radius 1 is 1.57 bits per heavy atom. The van der Waals surface area contributed by atoms with Crippen molar-refractivity contribution < 1.29 is 4.68 Å². The molecule has 0 rings (SSSR count). The fraction of sp³-hybridized carbons (Fsp3) is 0.800. The molecule has 0 atom stereocenters. The van der Waals surface area contributed by atoms with Gasteiger partial charge in [0.25, 0.3) is 0 Å². The van der Waals surface area contributed by atoms with E-state index in [1.54, 1.807) is 0 Å². The van der Waals surface area contributed by atoms with Crippen LogP contribution in [0.25, 0.3) is 0 Å². The standard InChI is InChI=1S/C4H11N2.CH4/c1-4-6(3)5-2;/h4-5H,1-3H3;1H4/q+1;/b6-4+;. The fourth-order valence-electron chi connectivity index (χ4n) is 0.129. The highest BCUT2D eigenvalue weighted by Gasteiger charge is 1.75. The van der Waals surface area contributed by atoms with E-state index in [4.69, 9.17) is 0 Å². The molecule has 0 aromatic carbocycles. The Hall–Kier alpha value is -0.530. The van der Waals surface area contributed by atoms with E-state index < -0.39 is 0 Å². The van der Waals surface area contributed by atoms with Gasteiger partial charge in [0.2, 0.25) is 0 Å². The molecule has 0 saturated heterocycles. The third kappa shape index (κ3) is 5.47. The lowest BCUT2D eigenvalue weighted by atomic mass is 10.9. The number of nitrogens with one attached hydrogen (secondary N) is 1. The first-order valence-electron chi connectivity index (χ1n) is 2.01. The summed E-state index contributed by atoms with van der Waals surface area (Å²) in [5, 5.41) is 0. The van der Waals surface area contributed by atoms with E-state index in [9.17, 15) is 0 Å². The van der Waals surface area contributed by atoms with E-state index in [1.165, 1.54) is 0 Å². The number of nitrogens with zero attached hydrogens (tertiary/aromatic N) is 1. The van der Waals surface area contributed by atoms with Gasteiger partial charge in [-0.2, -0.15) is 0 Å². The lowest BCUT2D eigenvalue weighted by Crippen LogP contribution is -2.19. The zero-order valence-corrected chi connectivity index (χ0v) is 4.52. The largest absolute Gasteiger partial charge is 0.202 e. The third-order valence-electron chi connectivity index (χ3n) is 0.740. The monoisotopic (exact) mass is 103 g/mol. The molecule has 0 saturated carbocycles. The Bertz CT molecular complexity index is 57.1. The molecule has 0 aliphatic carbocycles. The molecule has 0 bridgehead atoms. The van der Waals surface area contributed by atoms with Gasteiger partial charge < -0.3 is 0 Å². The second-order valence-electron chi connectivity index (χ2n) is 1.09. The van der Waals surface area contributed by atoms with Crippen molar-refractivity contribution in [3.05, 3.63) is 0 Å². The van der Waals surface area contributed by atoms with Crippen molar-refractivity contribution >= 4 is 6.21 Å². The first-order chi connectivity index (χ1) is 2.81. The summed E-state index contributed by atoms with van der Waals surface area (Å²) in [4.78, 5) is 0. The molecule has 0 radical (unpaired) electrons. The van der Waals surface area contributed by atoms with E-state index >= 15 is 0 Å². The average molecular weight is 103 g/mol. The quantitative estimate of drug-likeness (QED) is 0.290. The van der Waals surface area contributed by atoms with E-state index in [0.29, 0.717) is 0 Å². The molecule has 0 aromatic heterocycles. The van der Waals surface area contributed by atoms with Gasteiger partial charge in [0.05, 0.1) is 7.05 Å². The smallest absolute Gasteiger partial charge is 0.166 e. The first kappa shape index (κ1) is 9.69. The minimum absolute atomic E-state index is 0. The summed E-state index contributed by atoms with van der Waals surface area (Å²) in [7, 11) is 3.82. The molecule has 0 spiro atoms. The molecule has 1 N–H and O–H groups in total. The van der Waals surface area contributed by atoms with Gasteiger partial charge >= 0.3 is 0 Å². The maximum Gasteiger partial charge on any atom is 0.166 e. The minimum atomic E-state index is 0. The van der Waals surface area contributed by atoms with Crippen LogP contribution in [-0.4, -0.2) is 25.0 Å². The van der Waals surface area contributed by atoms with Crippen LogP contribution >= 0.6 is 0 Å². The number of hydrazone groups is 1. The molecule has 0 amide bonds. The third-order valence-corrected chi connectivity index (χ3v) is 0.740. The molecule has 0 aliphatic rings. The van der Waals surface area contributed by atoms with Crippen molar-refractivity contribution in [3.8, 4) is 0 Å². The second-order valence-corrected chi connectivity index (χ2v) is 1.09. The predicted octanol–water partition coefficient (Wildman–Crippen LogP) is 0.490. The first-order valence-corrected chi connectivity index (χ1v) is 2.01. The second kappa shape index (κ2) is 5.47. The highest BCUT2D eigenvalue weighted by Crippen LogP contribution is 1.44. The molecule has 2 nitrogen and oxygen atoms in total. The van der Waals surface area contributed by atoms with Crippen molar-refractivity contribution in [2.24, 2.45) is 0 Å². The Balaban J connectivity index is 0. The minimum Gasteiger partial charge on any atom is -0.202 e. The SMILES string of the molecule is C.C/C=[N+](\C)NC. The Labute approximate surface area is 45.8 Å². The van der Waals surface area contributed by atoms with Crippen molar-refractivity contribution in [1.82, 2.24) is 5.43 Å². The maximum atomic E-state index is 2.89. The van der Waals surface area contributed by atoms with Gasteiger partial charge in [-0.3, -0.25) is 0 Å². The van der Waals surface area contributed by atoms with E-state index in [-0.39, 0.29) is 7.43 Å². The summed E-state index contributed by atoms with van der Waals surface area (Å²) in [6.45, 7) is 1.97. The Morgan fingerprint density at radius 2 is 2.00 bits per heavy atom. The normalized spacial score (nSPS) is 9.86. The van der Waals surface area contributed by atoms with Gasteiger partial charge in [0, 0.05) is 6.92 Å². The summed E-state index contributed by atoms with van der Waals surface area (Å²) < 4.78 is 1.88. The molecule has 0 heterocycles. The van der Waals surface area contributed by atoms with Crippen molar-refractivity contribution in [1.29, 1.82) is 0 Å². The highest BCUT2D eigenvalue weighted by atomic mass is 15.4. The van der Waals surface area contributed by atoms with Gasteiger partial charge in [-0.15, -0.1) is 4.68 Å². The molecular formula is C5H15N2+. The molecule has 7 heavy (non-hydrogen) atoms. The topological polar surface area (TPSA) is 15.0 Å². The summed E-state index contributed by atoms with van der Waals surface area (Å²) in [5.74, 6) is 0. The number of rotatable bonds is 1. The van der Waals surface area contributed by atoms with Crippen LogP contribution in [-0.2, 0) is 0 Å². The molecule has 0 unspecified atom stereocenters. The summed E-state index contributed by atoms with van der Waals surface area (Å²) in [6, 6.07) is 0. The van der Waals surface area contributed by atoms with Crippen LogP contribution in [0.4, 0.5) is 0 Å².